The van der Waals surface area contributed by atoms with Crippen LogP contribution in [0.15, 0.2) is 36.4 Å². The molecule has 1 heterocycles. The molecule has 1 aromatic carbocycles. The Bertz CT molecular complexity index is 626. The zero-order chi connectivity index (χ0) is 14.7. The first-order valence-corrected chi connectivity index (χ1v) is 6.51. The molecule has 0 unspecified atom stereocenters. The first-order chi connectivity index (χ1) is 9.45. The minimum Gasteiger partial charge on any atom is -0.478 e. The molecule has 0 aliphatic rings. The molecule has 0 bridgehead atoms. The van der Waals surface area contributed by atoms with Gasteiger partial charge in [-0.15, -0.1) is 0 Å². The molecule has 0 aliphatic carbocycles. The third kappa shape index (κ3) is 3.48. The Balaban J connectivity index is 2.22. The average molecular weight is 291 g/mol. The number of aromatic nitrogens is 1. The summed E-state index contributed by atoms with van der Waals surface area (Å²) in [6.07, 6.45) is 0. The molecule has 0 fully saturated rings. The molecule has 20 heavy (non-hydrogen) atoms. The summed E-state index contributed by atoms with van der Waals surface area (Å²) in [5, 5.41) is 9.21. The van der Waals surface area contributed by atoms with Crippen molar-refractivity contribution in [2.45, 2.75) is 13.5 Å². The summed E-state index contributed by atoms with van der Waals surface area (Å²) in [7, 11) is 1.85. The van der Waals surface area contributed by atoms with Gasteiger partial charge >= 0.3 is 5.97 Å². The molecule has 4 nitrogen and oxygen atoms in total. The number of carbonyl (C=O) groups is 1. The highest BCUT2D eigenvalue weighted by Gasteiger charge is 2.10. The van der Waals surface area contributed by atoms with E-state index in [0.717, 1.165) is 5.56 Å². The van der Waals surface area contributed by atoms with Crippen molar-refractivity contribution in [3.8, 4) is 0 Å². The summed E-state index contributed by atoms with van der Waals surface area (Å²) in [5.41, 5.74) is 2.46. The van der Waals surface area contributed by atoms with E-state index in [4.69, 9.17) is 16.7 Å². The molecule has 1 N–H and O–H groups in total. The van der Waals surface area contributed by atoms with Crippen LogP contribution in [0.25, 0.3) is 0 Å². The van der Waals surface area contributed by atoms with E-state index in [1.54, 1.807) is 0 Å². The zero-order valence-electron chi connectivity index (χ0n) is 11.3. The van der Waals surface area contributed by atoms with Gasteiger partial charge in [0.1, 0.15) is 11.0 Å². The van der Waals surface area contributed by atoms with Crippen molar-refractivity contribution in [3.63, 3.8) is 0 Å². The predicted octanol–water partition coefficient (Wildman–Crippen LogP) is 3.38. The Morgan fingerprint density at radius 2 is 1.95 bits per heavy atom. The summed E-state index contributed by atoms with van der Waals surface area (Å²) in [6.45, 7) is 2.66. The van der Waals surface area contributed by atoms with Gasteiger partial charge in [-0.1, -0.05) is 41.4 Å². The van der Waals surface area contributed by atoms with Gasteiger partial charge in [-0.25, -0.2) is 9.78 Å². The van der Waals surface area contributed by atoms with Crippen molar-refractivity contribution < 1.29 is 9.90 Å². The fourth-order valence-electron chi connectivity index (χ4n) is 1.85. The monoisotopic (exact) mass is 290 g/mol. The maximum Gasteiger partial charge on any atom is 0.335 e. The molecule has 0 spiro atoms. The smallest absolute Gasteiger partial charge is 0.335 e. The second-order valence-electron chi connectivity index (χ2n) is 4.68. The molecule has 0 radical (unpaired) electrons. The Hall–Kier alpha value is -2.07. The van der Waals surface area contributed by atoms with E-state index in [9.17, 15) is 4.79 Å². The molecule has 104 valence electrons. The number of hydrogen-bond acceptors (Lipinski definition) is 3. The first-order valence-electron chi connectivity index (χ1n) is 6.13. The molecule has 0 amide bonds. The van der Waals surface area contributed by atoms with Gasteiger partial charge in [0.25, 0.3) is 0 Å². The van der Waals surface area contributed by atoms with Gasteiger partial charge in [0, 0.05) is 13.6 Å². The fourth-order valence-corrected chi connectivity index (χ4v) is 2.05. The lowest BCUT2D eigenvalue weighted by atomic mass is 10.1. The molecule has 0 aliphatic heterocycles. The minimum absolute atomic E-state index is 0.135. The van der Waals surface area contributed by atoms with Gasteiger partial charge in [-0.2, -0.15) is 0 Å². The van der Waals surface area contributed by atoms with Crippen LogP contribution in [-0.4, -0.2) is 23.1 Å². The molecule has 5 heteroatoms. The number of aromatic carboxylic acids is 1. The number of carboxylic acids is 1. The van der Waals surface area contributed by atoms with E-state index >= 15 is 0 Å². The maximum atomic E-state index is 11.0. The van der Waals surface area contributed by atoms with Crippen molar-refractivity contribution in [1.29, 1.82) is 0 Å². The standard InChI is InChI=1S/C15H15ClN2O2/c1-10-3-5-11(6-4-10)9-18(2)14-8-12(15(19)20)7-13(16)17-14/h3-8H,9H2,1-2H3,(H,19,20). The molecule has 1 aromatic heterocycles. The van der Waals surface area contributed by atoms with Gasteiger partial charge in [0.15, 0.2) is 0 Å². The van der Waals surface area contributed by atoms with Gasteiger partial charge in [0.2, 0.25) is 0 Å². The van der Waals surface area contributed by atoms with Crippen LogP contribution >= 0.6 is 11.6 Å². The molecule has 2 rings (SSSR count). The topological polar surface area (TPSA) is 53.4 Å². The molecular weight excluding hydrogens is 276 g/mol. The Labute approximate surface area is 122 Å². The Morgan fingerprint density at radius 1 is 1.30 bits per heavy atom. The van der Waals surface area contributed by atoms with Crippen molar-refractivity contribution in [1.82, 2.24) is 4.98 Å². The van der Waals surface area contributed by atoms with Crippen molar-refractivity contribution in [2.24, 2.45) is 0 Å². The molecular formula is C15H15ClN2O2. The summed E-state index contributed by atoms with van der Waals surface area (Å²) in [4.78, 5) is 17.0. The lowest BCUT2D eigenvalue weighted by Crippen LogP contribution is -2.18. The van der Waals surface area contributed by atoms with Crippen LogP contribution in [0, 0.1) is 6.92 Å². The largest absolute Gasteiger partial charge is 0.478 e. The normalized spacial score (nSPS) is 10.3. The predicted molar refractivity (Wildman–Crippen MR) is 79.5 cm³/mol. The number of rotatable bonds is 4. The van der Waals surface area contributed by atoms with Crippen LogP contribution in [0.4, 0.5) is 5.82 Å². The number of benzene rings is 1. The highest BCUT2D eigenvalue weighted by atomic mass is 35.5. The first kappa shape index (κ1) is 14.3. The fraction of sp³-hybridized carbons (Fsp3) is 0.200. The zero-order valence-corrected chi connectivity index (χ0v) is 12.1. The molecule has 0 atom stereocenters. The number of hydrogen-bond donors (Lipinski definition) is 1. The second-order valence-corrected chi connectivity index (χ2v) is 5.07. The molecule has 0 saturated heterocycles. The van der Waals surface area contributed by atoms with E-state index in [1.165, 1.54) is 17.7 Å². The van der Waals surface area contributed by atoms with Crippen molar-refractivity contribution in [2.75, 3.05) is 11.9 Å². The summed E-state index contributed by atoms with van der Waals surface area (Å²) >= 11 is 5.86. The number of nitrogens with zero attached hydrogens (tertiary/aromatic N) is 2. The lowest BCUT2D eigenvalue weighted by Gasteiger charge is -2.19. The van der Waals surface area contributed by atoms with Crippen LogP contribution < -0.4 is 4.90 Å². The third-order valence-electron chi connectivity index (χ3n) is 2.96. The van der Waals surface area contributed by atoms with Crippen molar-refractivity contribution in [3.05, 3.63) is 58.2 Å². The molecule has 0 saturated carbocycles. The van der Waals surface area contributed by atoms with Gasteiger partial charge in [-0.3, -0.25) is 0 Å². The Morgan fingerprint density at radius 3 is 2.55 bits per heavy atom. The van der Waals surface area contributed by atoms with E-state index in [0.29, 0.717) is 12.4 Å². The number of aryl methyl sites for hydroxylation is 1. The van der Waals surface area contributed by atoms with E-state index in [1.807, 2.05) is 43.1 Å². The minimum atomic E-state index is -1.01. The van der Waals surface area contributed by atoms with Crippen LogP contribution in [0.3, 0.4) is 0 Å². The van der Waals surface area contributed by atoms with Crippen LogP contribution in [0.1, 0.15) is 21.5 Å². The molecule has 2 aromatic rings. The summed E-state index contributed by atoms with van der Waals surface area (Å²) in [5.74, 6) is -0.477. The number of carboxylic acid groups (broad SMARTS) is 1. The van der Waals surface area contributed by atoms with Gasteiger partial charge in [0.05, 0.1) is 5.56 Å². The SMILES string of the molecule is Cc1ccc(CN(C)c2cc(C(=O)O)cc(Cl)n2)cc1. The number of anilines is 1. The van der Waals surface area contributed by atoms with Crippen LogP contribution in [0.5, 0.6) is 0 Å². The van der Waals surface area contributed by atoms with Gasteiger partial charge in [-0.05, 0) is 24.6 Å². The second kappa shape index (κ2) is 5.92. The number of pyridine rings is 1. The highest BCUT2D eigenvalue weighted by molar-refractivity contribution is 6.29. The van der Waals surface area contributed by atoms with Crippen LogP contribution in [-0.2, 0) is 6.54 Å². The average Bonchev–Trinajstić information content (AvgIpc) is 2.40. The van der Waals surface area contributed by atoms with Gasteiger partial charge < -0.3 is 10.0 Å². The van der Waals surface area contributed by atoms with Crippen LogP contribution in [0.2, 0.25) is 5.15 Å². The van der Waals surface area contributed by atoms with E-state index in [-0.39, 0.29) is 10.7 Å². The lowest BCUT2D eigenvalue weighted by molar-refractivity contribution is 0.0697. The summed E-state index contributed by atoms with van der Waals surface area (Å²) in [6, 6.07) is 11.0. The maximum absolute atomic E-state index is 11.0. The number of halogens is 1. The quantitative estimate of drug-likeness (QED) is 0.877. The third-order valence-corrected chi connectivity index (χ3v) is 3.15. The highest BCUT2D eigenvalue weighted by Crippen LogP contribution is 2.19. The van der Waals surface area contributed by atoms with Crippen molar-refractivity contribution >= 4 is 23.4 Å². The van der Waals surface area contributed by atoms with E-state index in [2.05, 4.69) is 4.98 Å². The summed E-state index contributed by atoms with van der Waals surface area (Å²) < 4.78 is 0. The Kier molecular flexibility index (Phi) is 4.25. The van der Waals surface area contributed by atoms with E-state index < -0.39 is 5.97 Å².